The minimum Gasteiger partial charge on any atom is -0.381 e. The number of nitrogens with zero attached hydrogens (tertiary/aromatic N) is 3. The fraction of sp³-hybridized carbons (Fsp3) is 0.619. The fourth-order valence-electron chi connectivity index (χ4n) is 3.86. The number of likely N-dealkylation sites (tertiary alicyclic amines) is 1. The van der Waals surface area contributed by atoms with Crippen LogP contribution in [-0.4, -0.2) is 68.6 Å². The van der Waals surface area contributed by atoms with Crippen LogP contribution in [0.2, 0.25) is 0 Å². The molecule has 2 fully saturated rings. The maximum Gasteiger partial charge on any atom is 0.253 e. The van der Waals surface area contributed by atoms with Gasteiger partial charge in [0, 0.05) is 58.4 Å². The van der Waals surface area contributed by atoms with Crippen LogP contribution in [0.5, 0.6) is 0 Å². The Hall–Kier alpha value is -2.08. The summed E-state index contributed by atoms with van der Waals surface area (Å²) in [6.07, 6.45) is 4.57. The van der Waals surface area contributed by atoms with Gasteiger partial charge in [-0.15, -0.1) is 0 Å². The molecule has 0 bridgehead atoms. The summed E-state index contributed by atoms with van der Waals surface area (Å²) in [5.74, 6) is 1.59. The van der Waals surface area contributed by atoms with Crippen LogP contribution in [0.3, 0.4) is 0 Å². The number of ether oxygens (including phenoxy) is 1. The molecule has 1 aromatic carbocycles. The van der Waals surface area contributed by atoms with E-state index >= 15 is 0 Å². The molecule has 1 N–H and O–H groups in total. The zero-order chi connectivity index (χ0) is 19.1. The van der Waals surface area contributed by atoms with Crippen LogP contribution in [0.4, 0.5) is 0 Å². The molecule has 1 amide bonds. The Kier molecular flexibility index (Phi) is 7.10. The number of hydrogen-bond acceptors (Lipinski definition) is 3. The second-order valence-corrected chi connectivity index (χ2v) is 7.56. The van der Waals surface area contributed by atoms with Crippen LogP contribution in [0.15, 0.2) is 29.3 Å². The first-order valence-corrected chi connectivity index (χ1v) is 10.0. The molecule has 0 aliphatic carbocycles. The number of piperidine rings is 1. The van der Waals surface area contributed by atoms with Gasteiger partial charge in [-0.3, -0.25) is 9.79 Å². The van der Waals surface area contributed by atoms with Crippen LogP contribution < -0.4 is 5.32 Å². The second kappa shape index (κ2) is 9.74. The Labute approximate surface area is 162 Å². The molecule has 6 heteroatoms. The first-order valence-electron chi connectivity index (χ1n) is 10.0. The lowest BCUT2D eigenvalue weighted by molar-refractivity contribution is 0.0724. The van der Waals surface area contributed by atoms with E-state index in [1.54, 1.807) is 7.05 Å². The maximum absolute atomic E-state index is 12.7. The number of hydrogen-bond donors (Lipinski definition) is 1. The number of amides is 1. The monoisotopic (exact) mass is 372 g/mol. The molecule has 3 rings (SSSR count). The van der Waals surface area contributed by atoms with Crippen molar-refractivity contribution < 1.29 is 9.53 Å². The summed E-state index contributed by atoms with van der Waals surface area (Å²) >= 11 is 0. The lowest BCUT2D eigenvalue weighted by Gasteiger charge is -2.27. The van der Waals surface area contributed by atoms with E-state index in [4.69, 9.17) is 4.74 Å². The molecule has 1 atom stereocenters. The SMILES string of the molecule is CN=C(NCc1cccc(C(=O)N2CCCCC2)c1)N(C)CC1CCOC1. The maximum atomic E-state index is 12.7. The van der Waals surface area contributed by atoms with Crippen LogP contribution >= 0.6 is 0 Å². The average Bonchev–Trinajstić information content (AvgIpc) is 3.22. The van der Waals surface area contributed by atoms with Crippen molar-refractivity contribution in [3.05, 3.63) is 35.4 Å². The van der Waals surface area contributed by atoms with Gasteiger partial charge in [0.05, 0.1) is 6.61 Å². The van der Waals surface area contributed by atoms with Gasteiger partial charge in [-0.1, -0.05) is 12.1 Å². The van der Waals surface area contributed by atoms with Crippen molar-refractivity contribution in [1.82, 2.24) is 15.1 Å². The van der Waals surface area contributed by atoms with Gasteiger partial charge in [0.1, 0.15) is 0 Å². The van der Waals surface area contributed by atoms with Gasteiger partial charge in [-0.05, 0) is 43.4 Å². The standard InChI is InChI=1S/C21H32N4O2/c1-22-21(24(2)15-18-9-12-27-16-18)23-14-17-7-6-8-19(13-17)20(26)25-10-4-3-5-11-25/h6-8,13,18H,3-5,9-12,14-16H2,1-2H3,(H,22,23). The zero-order valence-corrected chi connectivity index (χ0v) is 16.6. The first-order chi connectivity index (χ1) is 13.2. The van der Waals surface area contributed by atoms with Crippen molar-refractivity contribution in [2.75, 3.05) is 46.9 Å². The number of guanidine groups is 1. The van der Waals surface area contributed by atoms with Crippen molar-refractivity contribution in [3.63, 3.8) is 0 Å². The number of carbonyl (C=O) groups excluding carboxylic acids is 1. The van der Waals surface area contributed by atoms with E-state index in [0.29, 0.717) is 12.5 Å². The number of aliphatic imine (C=N–C) groups is 1. The molecule has 1 unspecified atom stereocenters. The van der Waals surface area contributed by atoms with Crippen LogP contribution in [-0.2, 0) is 11.3 Å². The molecular formula is C21H32N4O2. The zero-order valence-electron chi connectivity index (χ0n) is 16.6. The summed E-state index contributed by atoms with van der Waals surface area (Å²) in [6.45, 7) is 5.05. The van der Waals surface area contributed by atoms with Crippen molar-refractivity contribution in [3.8, 4) is 0 Å². The van der Waals surface area contributed by atoms with Gasteiger partial charge in [-0.25, -0.2) is 0 Å². The summed E-state index contributed by atoms with van der Waals surface area (Å²) in [6, 6.07) is 7.94. The molecule has 27 heavy (non-hydrogen) atoms. The van der Waals surface area contributed by atoms with E-state index in [2.05, 4.69) is 28.3 Å². The van der Waals surface area contributed by atoms with Crippen LogP contribution in [0, 0.1) is 5.92 Å². The van der Waals surface area contributed by atoms with Gasteiger partial charge in [-0.2, -0.15) is 0 Å². The predicted octanol–water partition coefficient (Wildman–Crippen LogP) is 2.36. The molecule has 0 aromatic heterocycles. The molecule has 0 saturated carbocycles. The third-order valence-electron chi connectivity index (χ3n) is 5.40. The highest BCUT2D eigenvalue weighted by Gasteiger charge is 2.20. The minimum atomic E-state index is 0.152. The molecule has 148 valence electrons. The smallest absolute Gasteiger partial charge is 0.253 e. The van der Waals surface area contributed by atoms with E-state index in [1.165, 1.54) is 6.42 Å². The molecule has 0 radical (unpaired) electrons. The van der Waals surface area contributed by atoms with Gasteiger partial charge < -0.3 is 19.9 Å². The third kappa shape index (κ3) is 5.45. The lowest BCUT2D eigenvalue weighted by Crippen LogP contribution is -2.41. The first kappa shape index (κ1) is 19.7. The third-order valence-corrected chi connectivity index (χ3v) is 5.40. The largest absolute Gasteiger partial charge is 0.381 e. The van der Waals surface area contributed by atoms with E-state index in [9.17, 15) is 4.79 Å². The van der Waals surface area contributed by atoms with E-state index in [1.807, 2.05) is 23.1 Å². The Morgan fingerprint density at radius 1 is 1.33 bits per heavy atom. The van der Waals surface area contributed by atoms with Crippen LogP contribution in [0.1, 0.15) is 41.6 Å². The molecule has 2 saturated heterocycles. The molecule has 6 nitrogen and oxygen atoms in total. The molecule has 1 aromatic rings. The summed E-state index contributed by atoms with van der Waals surface area (Å²) in [4.78, 5) is 21.2. The van der Waals surface area contributed by atoms with Gasteiger partial charge >= 0.3 is 0 Å². The predicted molar refractivity (Wildman–Crippen MR) is 108 cm³/mol. The van der Waals surface area contributed by atoms with Gasteiger partial charge in [0.15, 0.2) is 5.96 Å². The molecular weight excluding hydrogens is 340 g/mol. The summed E-state index contributed by atoms with van der Waals surface area (Å²) in [5.41, 5.74) is 1.87. The highest BCUT2D eigenvalue weighted by atomic mass is 16.5. The number of benzene rings is 1. The minimum absolute atomic E-state index is 0.152. The van der Waals surface area contributed by atoms with E-state index in [-0.39, 0.29) is 5.91 Å². The number of carbonyl (C=O) groups is 1. The van der Waals surface area contributed by atoms with Crippen molar-refractivity contribution in [1.29, 1.82) is 0 Å². The topological polar surface area (TPSA) is 57.2 Å². The Balaban J connectivity index is 1.55. The average molecular weight is 373 g/mol. The Morgan fingerprint density at radius 3 is 2.85 bits per heavy atom. The molecule has 0 spiro atoms. The Morgan fingerprint density at radius 2 is 2.15 bits per heavy atom. The summed E-state index contributed by atoms with van der Waals surface area (Å²) in [7, 11) is 3.87. The van der Waals surface area contributed by atoms with E-state index < -0.39 is 0 Å². The lowest BCUT2D eigenvalue weighted by atomic mass is 10.1. The number of rotatable bonds is 5. The van der Waals surface area contributed by atoms with E-state index in [0.717, 1.165) is 69.2 Å². The van der Waals surface area contributed by atoms with Gasteiger partial charge in [0.2, 0.25) is 0 Å². The van der Waals surface area contributed by atoms with Gasteiger partial charge in [0.25, 0.3) is 5.91 Å². The molecule has 2 aliphatic rings. The fourth-order valence-corrected chi connectivity index (χ4v) is 3.86. The highest BCUT2D eigenvalue weighted by Crippen LogP contribution is 2.15. The van der Waals surface area contributed by atoms with Crippen molar-refractivity contribution >= 4 is 11.9 Å². The summed E-state index contributed by atoms with van der Waals surface area (Å²) in [5, 5.41) is 3.42. The normalized spacial score (nSPS) is 20.6. The number of nitrogens with one attached hydrogen (secondary N) is 1. The highest BCUT2D eigenvalue weighted by molar-refractivity contribution is 5.94. The van der Waals surface area contributed by atoms with Crippen LogP contribution in [0.25, 0.3) is 0 Å². The second-order valence-electron chi connectivity index (χ2n) is 7.56. The molecule has 2 heterocycles. The van der Waals surface area contributed by atoms with Crippen molar-refractivity contribution in [2.45, 2.75) is 32.2 Å². The molecule has 2 aliphatic heterocycles. The Bertz CT molecular complexity index is 649. The summed E-state index contributed by atoms with van der Waals surface area (Å²) < 4.78 is 5.46. The quantitative estimate of drug-likeness (QED) is 0.637. The van der Waals surface area contributed by atoms with Crippen molar-refractivity contribution in [2.24, 2.45) is 10.9 Å².